The SMILES string of the molecule is COC(=O)Nc1cc(C(F)(F)F)c(-c2nc(N3CCOC[C@@H]3C)c3cc(CN4CCN(C(=O)CNC(=O)/C=C/CN5CC(F)(F)C5)CC4)cn3n2)cn1. The van der Waals surface area contributed by atoms with Crippen molar-refractivity contribution in [1.29, 1.82) is 0 Å². The second kappa shape index (κ2) is 15.6. The second-order valence-corrected chi connectivity index (χ2v) is 13.1. The van der Waals surface area contributed by atoms with Crippen molar-refractivity contribution in [3.8, 4) is 11.4 Å². The summed E-state index contributed by atoms with van der Waals surface area (Å²) >= 11 is 0. The van der Waals surface area contributed by atoms with Crippen molar-refractivity contribution in [2.45, 2.75) is 31.6 Å². The molecular weight excluding hydrogens is 711 g/mol. The maximum absolute atomic E-state index is 14.4. The van der Waals surface area contributed by atoms with Gasteiger partial charge in [0, 0.05) is 64.3 Å². The van der Waals surface area contributed by atoms with E-state index in [0.717, 1.165) is 18.9 Å². The molecule has 286 valence electrons. The van der Waals surface area contributed by atoms with Gasteiger partial charge in [0.05, 0.1) is 57.1 Å². The molecule has 0 aliphatic carbocycles. The van der Waals surface area contributed by atoms with Crippen LogP contribution in [0.5, 0.6) is 0 Å². The summed E-state index contributed by atoms with van der Waals surface area (Å²) in [4.78, 5) is 52.4. The number of halogens is 5. The first-order valence-electron chi connectivity index (χ1n) is 16.9. The predicted octanol–water partition coefficient (Wildman–Crippen LogP) is 2.48. The standard InChI is InChI=1S/C33H39F5N10O5/c1-21-18-53-11-10-47(21)30-25-12-22(17-48(25)43-29(42-30)23-14-39-26(41-31(51)52-2)13-24(23)33(36,37)38)16-44-6-8-46(9-7-44)28(50)15-40-27(49)4-3-5-45-19-32(34,35)20-45/h3-4,12-14,17,21H,5-11,15-16,18-20H2,1-2H3,(H,40,49)(H,39,41,51)/b4-3+/t21-/m0/s1. The number of anilines is 2. The van der Waals surface area contributed by atoms with Crippen LogP contribution < -0.4 is 15.5 Å². The van der Waals surface area contributed by atoms with Gasteiger partial charge < -0.3 is 24.6 Å². The molecule has 0 aromatic carbocycles. The van der Waals surface area contributed by atoms with E-state index < -0.39 is 29.7 Å². The number of methoxy groups -OCH3 is 1. The molecular formula is C33H39F5N10O5. The zero-order chi connectivity index (χ0) is 37.9. The molecule has 3 aliphatic heterocycles. The Balaban J connectivity index is 1.14. The number of aromatic nitrogens is 4. The van der Waals surface area contributed by atoms with Crippen LogP contribution in [0.2, 0.25) is 0 Å². The van der Waals surface area contributed by atoms with Crippen LogP contribution in [0, 0.1) is 0 Å². The number of alkyl halides is 5. The molecule has 6 rings (SSSR count). The first kappa shape index (κ1) is 37.8. The summed E-state index contributed by atoms with van der Waals surface area (Å²) in [7, 11) is 1.08. The van der Waals surface area contributed by atoms with Gasteiger partial charge in [0.2, 0.25) is 11.8 Å². The number of nitrogens with one attached hydrogen (secondary N) is 2. The van der Waals surface area contributed by atoms with Gasteiger partial charge in [0.25, 0.3) is 5.92 Å². The maximum atomic E-state index is 14.4. The lowest BCUT2D eigenvalue weighted by atomic mass is 10.1. The highest BCUT2D eigenvalue weighted by molar-refractivity contribution is 5.91. The Hall–Kier alpha value is -4.95. The molecule has 3 amide bonds. The number of likely N-dealkylation sites (tertiary alicyclic amines) is 1. The molecule has 3 aromatic heterocycles. The summed E-state index contributed by atoms with van der Waals surface area (Å²) in [5, 5.41) is 9.17. The summed E-state index contributed by atoms with van der Waals surface area (Å²) in [5.41, 5.74) is -0.0539. The van der Waals surface area contributed by atoms with Gasteiger partial charge in [-0.25, -0.2) is 28.1 Å². The number of carbonyl (C=O) groups excluding carboxylic acids is 3. The molecule has 3 aromatic rings. The van der Waals surface area contributed by atoms with Crippen molar-refractivity contribution in [3.05, 3.63) is 47.8 Å². The van der Waals surface area contributed by atoms with Crippen LogP contribution in [-0.2, 0) is 31.8 Å². The fourth-order valence-corrected chi connectivity index (χ4v) is 6.38. The number of nitrogens with zero attached hydrogens (tertiary/aromatic N) is 8. The van der Waals surface area contributed by atoms with Gasteiger partial charge in [-0.05, 0) is 24.6 Å². The van der Waals surface area contributed by atoms with E-state index in [1.165, 1.54) is 21.6 Å². The average Bonchev–Trinajstić information content (AvgIpc) is 3.52. The summed E-state index contributed by atoms with van der Waals surface area (Å²) in [6.07, 6.45) is -0.390. The van der Waals surface area contributed by atoms with Crippen molar-refractivity contribution < 1.29 is 45.8 Å². The molecule has 0 saturated carbocycles. The Morgan fingerprint density at radius 3 is 2.53 bits per heavy atom. The van der Waals surface area contributed by atoms with Crippen LogP contribution in [-0.4, -0.2) is 143 Å². The van der Waals surface area contributed by atoms with E-state index in [0.29, 0.717) is 69.9 Å². The molecule has 0 unspecified atom stereocenters. The van der Waals surface area contributed by atoms with Crippen molar-refractivity contribution in [3.63, 3.8) is 0 Å². The monoisotopic (exact) mass is 750 g/mol. The summed E-state index contributed by atoms with van der Waals surface area (Å²) in [6, 6.07) is 2.46. The topological polar surface area (TPSA) is 150 Å². The summed E-state index contributed by atoms with van der Waals surface area (Å²) < 4.78 is 80.5. The van der Waals surface area contributed by atoms with Crippen molar-refractivity contribution >= 4 is 35.1 Å². The summed E-state index contributed by atoms with van der Waals surface area (Å²) in [5.74, 6) is -3.56. The molecule has 20 heteroatoms. The van der Waals surface area contributed by atoms with Gasteiger partial charge in [0.15, 0.2) is 11.6 Å². The fourth-order valence-electron chi connectivity index (χ4n) is 6.38. The molecule has 0 bridgehead atoms. The number of ether oxygens (including phenoxy) is 2. The van der Waals surface area contributed by atoms with Gasteiger partial charge in [0.1, 0.15) is 11.3 Å². The van der Waals surface area contributed by atoms with Crippen molar-refractivity contribution in [2.75, 3.05) is 89.4 Å². The molecule has 2 N–H and O–H groups in total. The maximum Gasteiger partial charge on any atom is 0.417 e. The lowest BCUT2D eigenvalue weighted by Crippen LogP contribution is -2.55. The predicted molar refractivity (Wildman–Crippen MR) is 180 cm³/mol. The zero-order valence-electron chi connectivity index (χ0n) is 29.0. The van der Waals surface area contributed by atoms with E-state index >= 15 is 0 Å². The number of hydrogen-bond donors (Lipinski definition) is 2. The Kier molecular flexibility index (Phi) is 11.1. The van der Waals surface area contributed by atoms with Gasteiger partial charge in [-0.15, -0.1) is 5.10 Å². The van der Waals surface area contributed by atoms with E-state index in [1.807, 2.05) is 17.9 Å². The van der Waals surface area contributed by atoms with Crippen LogP contribution in [0.3, 0.4) is 0 Å². The van der Waals surface area contributed by atoms with Crippen molar-refractivity contribution in [2.24, 2.45) is 0 Å². The molecule has 1 atom stereocenters. The second-order valence-electron chi connectivity index (χ2n) is 13.1. The fraction of sp³-hybridized carbons (Fsp3) is 0.515. The molecule has 53 heavy (non-hydrogen) atoms. The van der Waals surface area contributed by atoms with E-state index in [4.69, 9.17) is 4.74 Å². The van der Waals surface area contributed by atoms with Crippen LogP contribution >= 0.6 is 0 Å². The average molecular weight is 751 g/mol. The van der Waals surface area contributed by atoms with E-state index in [2.05, 4.69) is 35.3 Å². The first-order chi connectivity index (χ1) is 25.2. The lowest BCUT2D eigenvalue weighted by molar-refractivity contribution is -0.137. The molecule has 0 spiro atoms. The highest BCUT2D eigenvalue weighted by Crippen LogP contribution is 2.38. The minimum Gasteiger partial charge on any atom is -0.453 e. The highest BCUT2D eigenvalue weighted by Gasteiger charge is 2.43. The van der Waals surface area contributed by atoms with Gasteiger partial charge in [-0.2, -0.15) is 13.2 Å². The molecule has 3 saturated heterocycles. The molecule has 6 heterocycles. The molecule has 3 aliphatic rings. The van der Waals surface area contributed by atoms with Gasteiger partial charge in [-0.1, -0.05) is 6.08 Å². The van der Waals surface area contributed by atoms with E-state index in [1.54, 1.807) is 11.1 Å². The third kappa shape index (κ3) is 9.17. The quantitative estimate of drug-likeness (QED) is 0.233. The van der Waals surface area contributed by atoms with E-state index in [9.17, 15) is 36.3 Å². The highest BCUT2D eigenvalue weighted by atomic mass is 19.4. The number of rotatable bonds is 10. The number of piperazine rings is 1. The van der Waals surface area contributed by atoms with Crippen LogP contribution in [0.4, 0.5) is 38.4 Å². The number of hydrogen-bond acceptors (Lipinski definition) is 11. The Morgan fingerprint density at radius 2 is 1.85 bits per heavy atom. The molecule has 0 radical (unpaired) electrons. The van der Waals surface area contributed by atoms with Crippen molar-refractivity contribution in [1.82, 2.24) is 39.6 Å². The van der Waals surface area contributed by atoms with Crippen LogP contribution in [0.1, 0.15) is 18.1 Å². The number of fused-ring (bicyclic) bond motifs is 1. The third-order valence-corrected chi connectivity index (χ3v) is 9.09. The minimum atomic E-state index is -4.83. The molecule has 15 nitrogen and oxygen atoms in total. The first-order valence-corrected chi connectivity index (χ1v) is 16.9. The normalized spacial score (nSPS) is 19.7. The van der Waals surface area contributed by atoms with Gasteiger partial charge >= 0.3 is 12.3 Å². The Morgan fingerprint density at radius 1 is 1.09 bits per heavy atom. The largest absolute Gasteiger partial charge is 0.453 e. The number of pyridine rings is 1. The molecule has 3 fully saturated rings. The smallest absolute Gasteiger partial charge is 0.417 e. The summed E-state index contributed by atoms with van der Waals surface area (Å²) in [6.45, 7) is 4.88. The Bertz CT molecular complexity index is 1860. The van der Waals surface area contributed by atoms with Gasteiger partial charge in [-0.3, -0.25) is 24.7 Å². The minimum absolute atomic E-state index is 0.131. The lowest BCUT2D eigenvalue weighted by Gasteiger charge is -2.37. The Labute approximate surface area is 300 Å². The number of carbonyl (C=O) groups is 3. The van der Waals surface area contributed by atoms with Crippen LogP contribution in [0.15, 0.2) is 36.7 Å². The van der Waals surface area contributed by atoms with E-state index in [-0.39, 0.29) is 55.3 Å². The zero-order valence-corrected chi connectivity index (χ0v) is 29.0. The number of amides is 3. The third-order valence-electron chi connectivity index (χ3n) is 9.09. The van der Waals surface area contributed by atoms with Crippen LogP contribution in [0.25, 0.3) is 16.9 Å². The number of morpholine rings is 1.